The van der Waals surface area contributed by atoms with E-state index in [-0.39, 0.29) is 0 Å². The summed E-state index contributed by atoms with van der Waals surface area (Å²) in [6.07, 6.45) is 2.35. The summed E-state index contributed by atoms with van der Waals surface area (Å²) in [5.41, 5.74) is 0. The molecule has 3 atom stereocenters. The Balaban J connectivity index is 2.46. The molecule has 3 unspecified atom stereocenters. The fraction of sp³-hybridized carbons (Fsp3) is 1.00. The van der Waals surface area contributed by atoms with Gasteiger partial charge in [-0.15, -0.1) is 0 Å². The zero-order chi connectivity index (χ0) is 8.43. The normalized spacial score (nSPS) is 39.5. The molecule has 11 heavy (non-hydrogen) atoms. The molecule has 1 aliphatic heterocycles. The highest BCUT2D eigenvalue weighted by molar-refractivity contribution is 7.85. The van der Waals surface area contributed by atoms with Crippen LogP contribution in [0.15, 0.2) is 0 Å². The first-order chi connectivity index (χ1) is 5.11. The molecule has 66 valence electrons. The Kier molecular flexibility index (Phi) is 3.11. The fourth-order valence-corrected chi connectivity index (χ4v) is 3.13. The van der Waals surface area contributed by atoms with Crippen molar-refractivity contribution in [3.05, 3.63) is 0 Å². The van der Waals surface area contributed by atoms with Crippen LogP contribution in [0.3, 0.4) is 0 Å². The maximum Gasteiger partial charge on any atom is 0.0322 e. The van der Waals surface area contributed by atoms with Crippen LogP contribution in [0.2, 0.25) is 0 Å². The van der Waals surface area contributed by atoms with E-state index in [1.54, 1.807) is 0 Å². The van der Waals surface area contributed by atoms with E-state index in [4.69, 9.17) is 0 Å². The first kappa shape index (κ1) is 9.24. The van der Waals surface area contributed by atoms with Crippen molar-refractivity contribution in [1.82, 2.24) is 0 Å². The van der Waals surface area contributed by atoms with Crippen molar-refractivity contribution in [2.45, 2.75) is 38.9 Å². The summed E-state index contributed by atoms with van der Waals surface area (Å²) in [6.45, 7) is 6.65. The Morgan fingerprint density at radius 3 is 2.55 bits per heavy atom. The molecule has 1 aliphatic rings. The molecule has 0 amide bonds. The Morgan fingerprint density at radius 2 is 2.09 bits per heavy atom. The third-order valence-electron chi connectivity index (χ3n) is 2.72. The van der Waals surface area contributed by atoms with Crippen molar-refractivity contribution in [3.63, 3.8) is 0 Å². The molecule has 0 aliphatic carbocycles. The smallest absolute Gasteiger partial charge is 0.0322 e. The minimum Gasteiger partial charge on any atom is -0.259 e. The topological polar surface area (TPSA) is 17.1 Å². The van der Waals surface area contributed by atoms with Crippen molar-refractivity contribution in [3.8, 4) is 0 Å². The van der Waals surface area contributed by atoms with E-state index in [0.717, 1.165) is 17.6 Å². The minimum atomic E-state index is -0.522. The molecule has 1 saturated heterocycles. The largest absolute Gasteiger partial charge is 0.259 e. The zero-order valence-corrected chi connectivity index (χ0v) is 8.49. The van der Waals surface area contributed by atoms with E-state index in [9.17, 15) is 4.21 Å². The summed E-state index contributed by atoms with van der Waals surface area (Å²) in [4.78, 5) is 0. The van der Waals surface area contributed by atoms with Crippen LogP contribution in [-0.4, -0.2) is 15.2 Å². The summed E-state index contributed by atoms with van der Waals surface area (Å²) >= 11 is 0. The van der Waals surface area contributed by atoms with Crippen LogP contribution in [0.5, 0.6) is 0 Å². The lowest BCUT2D eigenvalue weighted by molar-refractivity contribution is 0.339. The summed E-state index contributed by atoms with van der Waals surface area (Å²) in [5.74, 6) is 2.53. The molecule has 1 nitrogen and oxygen atoms in total. The molecule has 0 bridgehead atoms. The van der Waals surface area contributed by atoms with Crippen LogP contribution in [0.4, 0.5) is 0 Å². The predicted octanol–water partition coefficient (Wildman–Crippen LogP) is 2.19. The summed E-state index contributed by atoms with van der Waals surface area (Å²) < 4.78 is 11.3. The monoisotopic (exact) mass is 174 g/mol. The van der Waals surface area contributed by atoms with Gasteiger partial charge in [0.15, 0.2) is 0 Å². The predicted molar refractivity (Wildman–Crippen MR) is 50.0 cm³/mol. The average molecular weight is 174 g/mol. The molecule has 0 radical (unpaired) electrons. The molecular formula is C9H18OS. The van der Waals surface area contributed by atoms with Gasteiger partial charge in [0.05, 0.1) is 0 Å². The maximum absolute atomic E-state index is 11.3. The van der Waals surface area contributed by atoms with Crippen LogP contribution >= 0.6 is 0 Å². The van der Waals surface area contributed by atoms with Gasteiger partial charge in [-0.3, -0.25) is 4.21 Å². The molecular weight excluding hydrogens is 156 g/mol. The van der Waals surface area contributed by atoms with Gasteiger partial charge in [-0.1, -0.05) is 20.8 Å². The Hall–Kier alpha value is 0.150. The second-order valence-electron chi connectivity index (χ2n) is 3.92. The fourth-order valence-electron chi connectivity index (χ4n) is 1.73. The lowest BCUT2D eigenvalue weighted by Gasteiger charge is -2.28. The van der Waals surface area contributed by atoms with E-state index < -0.39 is 10.8 Å². The van der Waals surface area contributed by atoms with Gasteiger partial charge < -0.3 is 0 Å². The summed E-state index contributed by atoms with van der Waals surface area (Å²) in [6, 6.07) is 0. The van der Waals surface area contributed by atoms with Crippen molar-refractivity contribution < 1.29 is 4.21 Å². The van der Waals surface area contributed by atoms with Crippen molar-refractivity contribution in [2.24, 2.45) is 11.8 Å². The Labute approximate surface area is 72.0 Å². The molecule has 1 fully saturated rings. The van der Waals surface area contributed by atoms with Crippen LogP contribution in [-0.2, 0) is 10.8 Å². The van der Waals surface area contributed by atoms with Crippen LogP contribution in [0.1, 0.15) is 33.6 Å². The first-order valence-electron chi connectivity index (χ1n) is 4.48. The van der Waals surface area contributed by atoms with Crippen molar-refractivity contribution >= 4 is 10.8 Å². The second-order valence-corrected chi connectivity index (χ2v) is 5.90. The van der Waals surface area contributed by atoms with E-state index in [1.807, 2.05) is 0 Å². The van der Waals surface area contributed by atoms with Gasteiger partial charge in [0.2, 0.25) is 0 Å². The molecule has 0 spiro atoms. The average Bonchev–Trinajstić information content (AvgIpc) is 1.94. The molecule has 0 N–H and O–H groups in total. The quantitative estimate of drug-likeness (QED) is 0.595. The number of hydrogen-bond donors (Lipinski definition) is 0. The van der Waals surface area contributed by atoms with Gasteiger partial charge in [0.1, 0.15) is 0 Å². The SMILES string of the molecule is CC(C)C1CCS(=O)C(C)C1. The van der Waals surface area contributed by atoms with Gasteiger partial charge >= 0.3 is 0 Å². The Morgan fingerprint density at radius 1 is 1.45 bits per heavy atom. The van der Waals surface area contributed by atoms with Crippen LogP contribution in [0, 0.1) is 11.8 Å². The summed E-state index contributed by atoms with van der Waals surface area (Å²) in [7, 11) is -0.522. The molecule has 0 aromatic carbocycles. The van der Waals surface area contributed by atoms with E-state index in [0.29, 0.717) is 5.25 Å². The van der Waals surface area contributed by atoms with E-state index in [1.165, 1.54) is 12.8 Å². The Bertz CT molecular complexity index is 154. The highest BCUT2D eigenvalue weighted by Gasteiger charge is 2.25. The van der Waals surface area contributed by atoms with Gasteiger partial charge in [-0.25, -0.2) is 0 Å². The van der Waals surface area contributed by atoms with Crippen molar-refractivity contribution in [1.29, 1.82) is 0 Å². The van der Waals surface area contributed by atoms with Gasteiger partial charge in [-0.05, 0) is 24.7 Å². The third-order valence-corrected chi connectivity index (χ3v) is 4.44. The van der Waals surface area contributed by atoms with Crippen LogP contribution < -0.4 is 0 Å². The van der Waals surface area contributed by atoms with Crippen LogP contribution in [0.25, 0.3) is 0 Å². The maximum atomic E-state index is 11.3. The molecule has 1 heterocycles. The van der Waals surface area contributed by atoms with Gasteiger partial charge in [0, 0.05) is 21.8 Å². The van der Waals surface area contributed by atoms with E-state index >= 15 is 0 Å². The van der Waals surface area contributed by atoms with Gasteiger partial charge in [0.25, 0.3) is 0 Å². The highest BCUT2D eigenvalue weighted by Crippen LogP contribution is 2.27. The zero-order valence-electron chi connectivity index (χ0n) is 7.67. The summed E-state index contributed by atoms with van der Waals surface area (Å²) in [5, 5.41) is 0.441. The molecule has 0 aromatic heterocycles. The van der Waals surface area contributed by atoms with E-state index in [2.05, 4.69) is 20.8 Å². The lowest BCUT2D eigenvalue weighted by Crippen LogP contribution is -2.28. The minimum absolute atomic E-state index is 0.441. The number of rotatable bonds is 1. The van der Waals surface area contributed by atoms with Crippen molar-refractivity contribution in [2.75, 3.05) is 5.75 Å². The van der Waals surface area contributed by atoms with Gasteiger partial charge in [-0.2, -0.15) is 0 Å². The highest BCUT2D eigenvalue weighted by atomic mass is 32.2. The molecule has 0 saturated carbocycles. The molecule has 1 rings (SSSR count). The second kappa shape index (κ2) is 3.70. The lowest BCUT2D eigenvalue weighted by atomic mass is 9.89. The standard InChI is InChI=1S/C9H18OS/c1-7(2)9-4-5-11(10)8(3)6-9/h7-9H,4-6H2,1-3H3. The first-order valence-corrected chi connectivity index (χ1v) is 5.86. The third kappa shape index (κ3) is 2.29. The molecule has 2 heteroatoms. The number of hydrogen-bond acceptors (Lipinski definition) is 1. The molecule has 0 aromatic rings.